The van der Waals surface area contributed by atoms with Crippen molar-refractivity contribution in [3.63, 3.8) is 0 Å². The van der Waals surface area contributed by atoms with E-state index in [0.29, 0.717) is 39.0 Å². The lowest BCUT2D eigenvalue weighted by molar-refractivity contribution is -0.138. The van der Waals surface area contributed by atoms with Crippen molar-refractivity contribution in [1.29, 1.82) is 0 Å². The van der Waals surface area contributed by atoms with E-state index in [9.17, 15) is 14.7 Å². The fraction of sp³-hybridized carbons (Fsp3) is 0.500. The molecule has 0 aliphatic carbocycles. The Bertz CT molecular complexity index is 1120. The van der Waals surface area contributed by atoms with Crippen LogP contribution in [0.2, 0.25) is 0 Å². The van der Waals surface area contributed by atoms with Crippen molar-refractivity contribution < 1.29 is 19.4 Å². The summed E-state index contributed by atoms with van der Waals surface area (Å²) < 4.78 is 5.47. The average Bonchev–Trinajstić information content (AvgIpc) is 2.89. The third kappa shape index (κ3) is 7.28. The van der Waals surface area contributed by atoms with Crippen molar-refractivity contribution in [2.24, 2.45) is 0 Å². The molecule has 7 nitrogen and oxygen atoms in total. The molecule has 2 aliphatic rings. The van der Waals surface area contributed by atoms with E-state index >= 15 is 0 Å². The Labute approximate surface area is 233 Å². The molecule has 0 unspecified atom stereocenters. The van der Waals surface area contributed by atoms with E-state index in [2.05, 4.69) is 53.4 Å². The number of piperazine rings is 1. The monoisotopic (exact) mass is 533 g/mol. The fourth-order valence-electron chi connectivity index (χ4n) is 5.51. The molecule has 7 heteroatoms. The van der Waals surface area contributed by atoms with Crippen LogP contribution in [0.5, 0.6) is 0 Å². The molecule has 0 atom stereocenters. The van der Waals surface area contributed by atoms with Gasteiger partial charge >= 0.3 is 6.09 Å². The molecule has 39 heavy (non-hydrogen) atoms. The van der Waals surface area contributed by atoms with Gasteiger partial charge in [0, 0.05) is 38.4 Å². The molecular weight excluding hydrogens is 490 g/mol. The Hall–Kier alpha value is -3.16. The van der Waals surface area contributed by atoms with E-state index in [4.69, 9.17) is 4.74 Å². The second kappa shape index (κ2) is 11.9. The standard InChI is InChI=1S/C32H43N3O4/c1-24(2)27-23-34(29(25-12-8-6-9-13-25)26-14-10-7-11-15-26)20-21-35(27)28(36)22-32(38)16-18-33(19-17-32)30(37)39-31(3,4)5/h6-15,29,38H,16-23H2,1-5H3. The Kier molecular flexibility index (Phi) is 8.82. The molecule has 0 aromatic heterocycles. The third-order valence-corrected chi connectivity index (χ3v) is 7.59. The van der Waals surface area contributed by atoms with Gasteiger partial charge < -0.3 is 19.6 Å². The van der Waals surface area contributed by atoms with E-state index in [1.54, 1.807) is 4.90 Å². The molecule has 0 radical (unpaired) electrons. The largest absolute Gasteiger partial charge is 0.444 e. The predicted molar refractivity (Wildman–Crippen MR) is 153 cm³/mol. The van der Waals surface area contributed by atoms with Crippen molar-refractivity contribution >= 4 is 12.0 Å². The zero-order chi connectivity index (χ0) is 28.2. The maximum Gasteiger partial charge on any atom is 0.410 e. The van der Waals surface area contributed by atoms with Gasteiger partial charge in [-0.3, -0.25) is 9.69 Å². The molecule has 4 rings (SSSR count). The molecule has 1 N–H and O–H groups in total. The van der Waals surface area contributed by atoms with Crippen molar-refractivity contribution in [1.82, 2.24) is 14.7 Å². The number of likely N-dealkylation sites (tertiary alicyclic amines) is 1. The van der Waals surface area contributed by atoms with Crippen molar-refractivity contribution in [3.05, 3.63) is 83.1 Å². The molecule has 2 aromatic rings. The summed E-state index contributed by atoms with van der Waals surface area (Å²) in [6.45, 7) is 12.3. The lowest BCUT2D eigenvalue weighted by Crippen LogP contribution is -2.52. The van der Waals surface area contributed by atoms with E-state index < -0.39 is 11.2 Å². The summed E-state index contributed by atoms with van der Waals surface area (Å²) in [5.41, 5.74) is 2.85. The average molecular weight is 534 g/mol. The van der Waals surface area contributed by atoms with Crippen LogP contribution < -0.4 is 0 Å². The Morgan fingerprint density at radius 3 is 1.92 bits per heavy atom. The van der Waals surface area contributed by atoms with Crippen molar-refractivity contribution in [3.8, 4) is 0 Å². The summed E-state index contributed by atoms with van der Waals surface area (Å²) in [4.78, 5) is 32.0. The zero-order valence-electron chi connectivity index (χ0n) is 24.0. The van der Waals surface area contributed by atoms with Crippen LogP contribution in [0.3, 0.4) is 0 Å². The topological polar surface area (TPSA) is 73.3 Å². The first kappa shape index (κ1) is 28.8. The number of nitrogens with zero attached hydrogens (tertiary/aromatic N) is 3. The molecule has 0 spiro atoms. The van der Waals surface area contributed by atoms with Crippen LogP contribution in [0.15, 0.2) is 71.9 Å². The number of carbonyl (C=O) groups is 2. The zero-order valence-corrected chi connectivity index (χ0v) is 24.0. The van der Waals surface area contributed by atoms with E-state index in [-0.39, 0.29) is 24.5 Å². The summed E-state index contributed by atoms with van der Waals surface area (Å²) >= 11 is 0. The molecular formula is C32H43N3O4. The van der Waals surface area contributed by atoms with Crippen LogP contribution in [-0.4, -0.2) is 75.7 Å². The smallest absolute Gasteiger partial charge is 0.410 e. The normalized spacial score (nSPS) is 18.3. The first-order chi connectivity index (χ1) is 18.5. The van der Waals surface area contributed by atoms with Gasteiger partial charge in [-0.25, -0.2) is 4.79 Å². The predicted octanol–water partition coefficient (Wildman–Crippen LogP) is 5.37. The number of allylic oxidation sites excluding steroid dienone is 1. The Balaban J connectivity index is 1.45. The molecule has 2 aromatic carbocycles. The molecule has 210 valence electrons. The van der Waals surface area contributed by atoms with Gasteiger partial charge in [0.2, 0.25) is 5.91 Å². The number of carbonyl (C=O) groups excluding carboxylic acids is 2. The maximum absolute atomic E-state index is 13.6. The van der Waals surface area contributed by atoms with Gasteiger partial charge in [0.15, 0.2) is 0 Å². The molecule has 2 amide bonds. The van der Waals surface area contributed by atoms with E-state index in [1.165, 1.54) is 11.1 Å². The van der Waals surface area contributed by atoms with Crippen molar-refractivity contribution in [2.45, 2.75) is 71.1 Å². The van der Waals surface area contributed by atoms with Gasteiger partial charge in [0.25, 0.3) is 0 Å². The summed E-state index contributed by atoms with van der Waals surface area (Å²) in [5, 5.41) is 11.3. The highest BCUT2D eigenvalue weighted by atomic mass is 16.6. The molecule has 2 saturated heterocycles. The fourth-order valence-corrected chi connectivity index (χ4v) is 5.51. The molecule has 2 heterocycles. The first-order valence-electron chi connectivity index (χ1n) is 14.0. The van der Waals surface area contributed by atoms with Gasteiger partial charge in [0.1, 0.15) is 5.60 Å². The second-order valence-electron chi connectivity index (χ2n) is 12.1. The number of rotatable bonds is 5. The van der Waals surface area contributed by atoms with Gasteiger partial charge in [-0.05, 0) is 58.6 Å². The highest BCUT2D eigenvalue weighted by molar-refractivity contribution is 5.79. The van der Waals surface area contributed by atoms with Gasteiger partial charge in [0.05, 0.1) is 18.1 Å². The molecule has 2 aliphatic heterocycles. The Morgan fingerprint density at radius 2 is 1.44 bits per heavy atom. The number of benzene rings is 2. The lowest BCUT2D eigenvalue weighted by Gasteiger charge is -2.43. The van der Waals surface area contributed by atoms with Crippen LogP contribution in [0.4, 0.5) is 4.79 Å². The SMILES string of the molecule is CC(C)=C1CN(C(c2ccccc2)c2ccccc2)CCN1C(=O)CC1(O)CCN(C(=O)OC(C)(C)C)CC1. The summed E-state index contributed by atoms with van der Waals surface area (Å²) in [7, 11) is 0. The van der Waals surface area contributed by atoms with Crippen LogP contribution in [-0.2, 0) is 9.53 Å². The van der Waals surface area contributed by atoms with E-state index in [1.807, 2.05) is 51.7 Å². The van der Waals surface area contributed by atoms with Crippen LogP contribution in [0.1, 0.15) is 71.0 Å². The summed E-state index contributed by atoms with van der Waals surface area (Å²) in [5.74, 6) is -0.0601. The van der Waals surface area contributed by atoms with Gasteiger partial charge in [-0.1, -0.05) is 66.2 Å². The highest BCUT2D eigenvalue weighted by Crippen LogP contribution is 2.34. The number of piperidine rings is 1. The second-order valence-corrected chi connectivity index (χ2v) is 12.1. The number of hydrogen-bond donors (Lipinski definition) is 1. The van der Waals surface area contributed by atoms with E-state index in [0.717, 1.165) is 17.8 Å². The highest BCUT2D eigenvalue weighted by Gasteiger charge is 2.40. The minimum absolute atomic E-state index is 0.0484. The van der Waals surface area contributed by atoms with Crippen LogP contribution in [0, 0.1) is 0 Å². The van der Waals surface area contributed by atoms with Gasteiger partial charge in [-0.2, -0.15) is 0 Å². The third-order valence-electron chi connectivity index (χ3n) is 7.59. The number of hydrogen-bond acceptors (Lipinski definition) is 5. The quantitative estimate of drug-likeness (QED) is 0.560. The lowest BCUT2D eigenvalue weighted by atomic mass is 9.87. The van der Waals surface area contributed by atoms with Crippen molar-refractivity contribution in [2.75, 3.05) is 32.7 Å². The molecule has 2 fully saturated rings. The van der Waals surface area contributed by atoms with Gasteiger partial charge in [-0.15, -0.1) is 0 Å². The first-order valence-corrected chi connectivity index (χ1v) is 14.0. The minimum Gasteiger partial charge on any atom is -0.444 e. The molecule has 0 bridgehead atoms. The number of ether oxygens (including phenoxy) is 1. The number of aliphatic hydroxyl groups is 1. The molecule has 0 saturated carbocycles. The summed E-state index contributed by atoms with van der Waals surface area (Å²) in [6.07, 6.45) is 0.385. The minimum atomic E-state index is -1.13. The number of amides is 2. The summed E-state index contributed by atoms with van der Waals surface area (Å²) in [6, 6.07) is 21.1. The van der Waals surface area contributed by atoms with Crippen LogP contribution in [0.25, 0.3) is 0 Å². The maximum atomic E-state index is 13.6. The van der Waals surface area contributed by atoms with Crippen LogP contribution >= 0.6 is 0 Å². The Morgan fingerprint density at radius 1 is 0.897 bits per heavy atom.